The minimum atomic E-state index is -0.826. The van der Waals surface area contributed by atoms with E-state index in [0.717, 1.165) is 15.3 Å². The third-order valence-electron chi connectivity index (χ3n) is 3.50. The molecule has 0 bridgehead atoms. The lowest BCUT2D eigenvalue weighted by molar-refractivity contribution is -0.129. The Morgan fingerprint density at radius 1 is 1.17 bits per heavy atom. The lowest BCUT2D eigenvalue weighted by Crippen LogP contribution is -2.35. The normalized spacial score (nSPS) is 11.8. The highest BCUT2D eigenvalue weighted by atomic mass is 32.1. The van der Waals surface area contributed by atoms with Crippen LogP contribution in [0.3, 0.4) is 0 Å². The zero-order valence-electron chi connectivity index (χ0n) is 13.8. The number of esters is 1. The minimum Gasteiger partial charge on any atom is -0.449 e. The van der Waals surface area contributed by atoms with Crippen LogP contribution < -0.4 is 5.32 Å². The Morgan fingerprint density at radius 2 is 1.83 bits per heavy atom. The largest absolute Gasteiger partial charge is 0.449 e. The fraction of sp³-hybridized carbons (Fsp3) is 0.333. The topological polar surface area (TPSA) is 55.4 Å². The van der Waals surface area contributed by atoms with E-state index in [4.69, 9.17) is 4.74 Å². The maximum Gasteiger partial charge on any atom is 0.340 e. The molecule has 1 aromatic carbocycles. The highest BCUT2D eigenvalue weighted by molar-refractivity contribution is 7.12. The summed E-state index contributed by atoms with van der Waals surface area (Å²) in [6.45, 7) is 7.81. The molecule has 1 heterocycles. The summed E-state index contributed by atoms with van der Waals surface area (Å²) >= 11 is 1.54. The van der Waals surface area contributed by atoms with E-state index in [9.17, 15) is 9.59 Å². The van der Waals surface area contributed by atoms with Crippen LogP contribution in [-0.2, 0) is 16.1 Å². The van der Waals surface area contributed by atoms with Crippen molar-refractivity contribution in [3.8, 4) is 0 Å². The predicted molar refractivity (Wildman–Crippen MR) is 91.7 cm³/mol. The number of hydrogen-bond acceptors (Lipinski definition) is 4. The number of rotatable bonds is 5. The standard InChI is InChI=1S/C18H21NO3S/c1-11-5-7-15(8-6-11)10-19-17(20)13(3)22-18(21)16-9-12(2)23-14(16)4/h5-9,13H,10H2,1-4H3,(H,19,20)/t13-/m1/s1. The van der Waals surface area contributed by atoms with Crippen LogP contribution >= 0.6 is 11.3 Å². The number of thiophene rings is 1. The second-order valence-electron chi connectivity index (χ2n) is 5.58. The number of nitrogens with one attached hydrogen (secondary N) is 1. The van der Waals surface area contributed by atoms with Crippen LogP contribution in [0.25, 0.3) is 0 Å². The van der Waals surface area contributed by atoms with Crippen molar-refractivity contribution in [1.82, 2.24) is 5.32 Å². The van der Waals surface area contributed by atoms with Crippen LogP contribution in [0.1, 0.15) is 38.2 Å². The molecule has 0 spiro atoms. The smallest absolute Gasteiger partial charge is 0.340 e. The van der Waals surface area contributed by atoms with Crippen molar-refractivity contribution in [2.75, 3.05) is 0 Å². The first-order valence-electron chi connectivity index (χ1n) is 7.48. The molecule has 0 aliphatic rings. The van der Waals surface area contributed by atoms with Gasteiger partial charge in [0, 0.05) is 16.3 Å². The summed E-state index contributed by atoms with van der Waals surface area (Å²) in [7, 11) is 0. The van der Waals surface area contributed by atoms with Crippen molar-refractivity contribution in [2.45, 2.75) is 40.3 Å². The third kappa shape index (κ3) is 4.66. The molecule has 5 heteroatoms. The Bertz CT molecular complexity index is 704. The molecule has 4 nitrogen and oxygen atoms in total. The van der Waals surface area contributed by atoms with E-state index in [1.807, 2.05) is 45.0 Å². The number of benzene rings is 1. The quantitative estimate of drug-likeness (QED) is 0.853. The van der Waals surface area contributed by atoms with Gasteiger partial charge in [-0.2, -0.15) is 0 Å². The Balaban J connectivity index is 1.88. The Kier molecular flexibility index (Phi) is 5.55. The van der Waals surface area contributed by atoms with Gasteiger partial charge in [0.2, 0.25) is 0 Å². The molecule has 0 aliphatic carbocycles. The number of carbonyl (C=O) groups is 2. The minimum absolute atomic E-state index is 0.302. The average molecular weight is 331 g/mol. The van der Waals surface area contributed by atoms with Gasteiger partial charge in [-0.15, -0.1) is 11.3 Å². The van der Waals surface area contributed by atoms with Crippen LogP contribution in [-0.4, -0.2) is 18.0 Å². The zero-order chi connectivity index (χ0) is 17.0. The summed E-state index contributed by atoms with van der Waals surface area (Å²) in [5, 5.41) is 2.78. The molecule has 0 radical (unpaired) electrons. The van der Waals surface area contributed by atoms with Gasteiger partial charge in [-0.05, 0) is 39.3 Å². The van der Waals surface area contributed by atoms with Crippen molar-refractivity contribution in [3.05, 3.63) is 56.8 Å². The summed E-state index contributed by atoms with van der Waals surface area (Å²) in [6.07, 6.45) is -0.826. The van der Waals surface area contributed by atoms with E-state index in [-0.39, 0.29) is 5.91 Å². The van der Waals surface area contributed by atoms with Crippen molar-refractivity contribution < 1.29 is 14.3 Å². The summed E-state index contributed by atoms with van der Waals surface area (Å²) in [6, 6.07) is 9.70. The number of amides is 1. The second kappa shape index (κ2) is 7.42. The van der Waals surface area contributed by atoms with Crippen LogP contribution in [0.15, 0.2) is 30.3 Å². The first-order chi connectivity index (χ1) is 10.9. The van der Waals surface area contributed by atoms with Gasteiger partial charge in [0.05, 0.1) is 5.56 Å². The first kappa shape index (κ1) is 17.2. The van der Waals surface area contributed by atoms with Gasteiger partial charge >= 0.3 is 5.97 Å². The first-order valence-corrected chi connectivity index (χ1v) is 8.29. The molecule has 1 aromatic heterocycles. The highest BCUT2D eigenvalue weighted by Gasteiger charge is 2.20. The van der Waals surface area contributed by atoms with Crippen molar-refractivity contribution in [2.24, 2.45) is 0 Å². The monoisotopic (exact) mass is 331 g/mol. The molecule has 23 heavy (non-hydrogen) atoms. The maximum absolute atomic E-state index is 12.1. The average Bonchev–Trinajstić information content (AvgIpc) is 2.85. The summed E-state index contributed by atoms with van der Waals surface area (Å²) in [4.78, 5) is 26.1. The number of aryl methyl sites for hydroxylation is 3. The van der Waals surface area contributed by atoms with Crippen LogP contribution in [0, 0.1) is 20.8 Å². The summed E-state index contributed by atoms with van der Waals surface area (Å²) in [5.41, 5.74) is 2.71. The van der Waals surface area contributed by atoms with E-state index >= 15 is 0 Å². The van der Waals surface area contributed by atoms with E-state index in [1.165, 1.54) is 5.56 Å². The Labute approximate surface area is 140 Å². The number of ether oxygens (including phenoxy) is 1. The predicted octanol–water partition coefficient (Wildman–Crippen LogP) is 3.54. The summed E-state index contributed by atoms with van der Waals surface area (Å²) in [5.74, 6) is -0.756. The molecule has 0 unspecified atom stereocenters. The molecule has 0 aliphatic heterocycles. The van der Waals surface area contributed by atoms with Gasteiger partial charge in [0.15, 0.2) is 6.10 Å². The fourth-order valence-electron chi connectivity index (χ4n) is 2.15. The Hall–Kier alpha value is -2.14. The SMILES string of the molecule is Cc1ccc(CNC(=O)[C@@H](C)OC(=O)c2cc(C)sc2C)cc1. The van der Waals surface area contributed by atoms with Gasteiger partial charge in [0.25, 0.3) is 5.91 Å². The fourth-order valence-corrected chi connectivity index (χ4v) is 3.06. The van der Waals surface area contributed by atoms with Crippen molar-refractivity contribution in [1.29, 1.82) is 0 Å². The maximum atomic E-state index is 12.1. The van der Waals surface area contributed by atoms with Crippen molar-refractivity contribution >= 4 is 23.2 Å². The third-order valence-corrected chi connectivity index (χ3v) is 4.47. The zero-order valence-corrected chi connectivity index (χ0v) is 14.6. The highest BCUT2D eigenvalue weighted by Crippen LogP contribution is 2.21. The van der Waals surface area contributed by atoms with Gasteiger partial charge in [-0.1, -0.05) is 29.8 Å². The molecule has 1 N–H and O–H groups in total. The second-order valence-corrected chi connectivity index (χ2v) is 7.04. The molecule has 1 amide bonds. The summed E-state index contributed by atoms with van der Waals surface area (Å²) < 4.78 is 5.26. The molecule has 2 aromatic rings. The van der Waals surface area contributed by atoms with Gasteiger partial charge in [-0.25, -0.2) is 4.79 Å². The number of carbonyl (C=O) groups excluding carboxylic acids is 2. The van der Waals surface area contributed by atoms with Crippen LogP contribution in [0.4, 0.5) is 0 Å². The molecule has 0 fully saturated rings. The molecule has 2 rings (SSSR count). The van der Waals surface area contributed by atoms with E-state index in [2.05, 4.69) is 5.32 Å². The molecular weight excluding hydrogens is 310 g/mol. The lowest BCUT2D eigenvalue weighted by Gasteiger charge is -2.13. The van der Waals surface area contributed by atoms with Crippen molar-refractivity contribution in [3.63, 3.8) is 0 Å². The van der Waals surface area contributed by atoms with Crippen LogP contribution in [0.2, 0.25) is 0 Å². The molecular formula is C18H21NO3S. The van der Waals surface area contributed by atoms with Crippen LogP contribution in [0.5, 0.6) is 0 Å². The Morgan fingerprint density at radius 3 is 2.39 bits per heavy atom. The van der Waals surface area contributed by atoms with Gasteiger partial charge in [-0.3, -0.25) is 4.79 Å². The van der Waals surface area contributed by atoms with E-state index in [0.29, 0.717) is 12.1 Å². The van der Waals surface area contributed by atoms with E-state index < -0.39 is 12.1 Å². The van der Waals surface area contributed by atoms with Gasteiger partial charge < -0.3 is 10.1 Å². The molecule has 0 saturated carbocycles. The van der Waals surface area contributed by atoms with Gasteiger partial charge in [0.1, 0.15) is 0 Å². The molecule has 122 valence electrons. The molecule has 1 atom stereocenters. The molecule has 0 saturated heterocycles. The number of hydrogen-bond donors (Lipinski definition) is 1. The van der Waals surface area contributed by atoms with E-state index in [1.54, 1.807) is 24.3 Å². The lowest BCUT2D eigenvalue weighted by atomic mass is 10.1.